The van der Waals surface area contributed by atoms with Crippen LogP contribution in [0.1, 0.15) is 11.4 Å². The monoisotopic (exact) mass is 394 g/mol. The maximum Gasteiger partial charge on any atom is 0.225 e. The van der Waals surface area contributed by atoms with Gasteiger partial charge in [-0.3, -0.25) is 4.98 Å². The maximum absolute atomic E-state index is 6.13. The Balaban J connectivity index is 1.41. The van der Waals surface area contributed by atoms with Crippen LogP contribution in [0.4, 0.5) is 17.5 Å². The standard InChI is InChI=1S/C21H23ClN6/c1-16-13-20(26-21(25-16)24-15-18-6-2-3-8-23-18)28-11-9-27(10-12-28)19-7-4-5-17(22)14-19/h2-8,13-14H,9-12,15H2,1H3,(H,24,25,26). The van der Waals surface area contributed by atoms with E-state index in [9.17, 15) is 0 Å². The van der Waals surface area contributed by atoms with Crippen molar-refractivity contribution in [3.8, 4) is 0 Å². The van der Waals surface area contributed by atoms with Gasteiger partial charge in [-0.15, -0.1) is 0 Å². The lowest BCUT2D eigenvalue weighted by molar-refractivity contribution is 0.646. The van der Waals surface area contributed by atoms with Gasteiger partial charge < -0.3 is 15.1 Å². The van der Waals surface area contributed by atoms with Crippen LogP contribution in [0.2, 0.25) is 5.02 Å². The smallest absolute Gasteiger partial charge is 0.225 e. The van der Waals surface area contributed by atoms with Crippen molar-refractivity contribution in [2.24, 2.45) is 0 Å². The minimum atomic E-state index is 0.603. The lowest BCUT2D eigenvalue weighted by Crippen LogP contribution is -2.46. The molecule has 1 N–H and O–H groups in total. The molecular weight excluding hydrogens is 372 g/mol. The Morgan fingerprint density at radius 1 is 0.964 bits per heavy atom. The molecule has 0 atom stereocenters. The van der Waals surface area contributed by atoms with Crippen LogP contribution in [-0.4, -0.2) is 41.1 Å². The topological polar surface area (TPSA) is 57.2 Å². The molecule has 1 fully saturated rings. The lowest BCUT2D eigenvalue weighted by atomic mass is 10.2. The van der Waals surface area contributed by atoms with Crippen molar-refractivity contribution in [3.63, 3.8) is 0 Å². The van der Waals surface area contributed by atoms with E-state index >= 15 is 0 Å². The molecule has 28 heavy (non-hydrogen) atoms. The van der Waals surface area contributed by atoms with Gasteiger partial charge in [0.25, 0.3) is 0 Å². The Labute approximate surface area is 170 Å². The van der Waals surface area contributed by atoms with Gasteiger partial charge in [-0.1, -0.05) is 23.7 Å². The van der Waals surface area contributed by atoms with Crippen LogP contribution >= 0.6 is 11.6 Å². The van der Waals surface area contributed by atoms with Crippen LogP contribution < -0.4 is 15.1 Å². The second-order valence-electron chi connectivity index (χ2n) is 6.82. The van der Waals surface area contributed by atoms with E-state index in [1.807, 2.05) is 49.4 Å². The zero-order valence-electron chi connectivity index (χ0n) is 15.8. The first-order valence-electron chi connectivity index (χ1n) is 9.42. The summed E-state index contributed by atoms with van der Waals surface area (Å²) in [4.78, 5) is 18.2. The fourth-order valence-corrected chi connectivity index (χ4v) is 3.52. The van der Waals surface area contributed by atoms with Crippen molar-refractivity contribution in [1.29, 1.82) is 0 Å². The van der Waals surface area contributed by atoms with Gasteiger partial charge in [0.05, 0.1) is 12.2 Å². The average molecular weight is 395 g/mol. The Kier molecular flexibility index (Phi) is 5.58. The molecule has 3 aromatic rings. The Bertz CT molecular complexity index is 925. The van der Waals surface area contributed by atoms with Gasteiger partial charge in [0.1, 0.15) is 5.82 Å². The predicted molar refractivity (Wildman–Crippen MR) is 114 cm³/mol. The summed E-state index contributed by atoms with van der Waals surface area (Å²) in [5.41, 5.74) is 3.08. The number of aryl methyl sites for hydroxylation is 1. The van der Waals surface area contributed by atoms with Gasteiger partial charge in [-0.25, -0.2) is 4.98 Å². The van der Waals surface area contributed by atoms with Crippen LogP contribution in [0.3, 0.4) is 0 Å². The Morgan fingerprint density at radius 2 is 1.79 bits per heavy atom. The number of pyridine rings is 1. The molecule has 4 rings (SSSR count). The van der Waals surface area contributed by atoms with Gasteiger partial charge in [-0.2, -0.15) is 4.98 Å². The molecular formula is C21H23ClN6. The van der Waals surface area contributed by atoms with Gasteiger partial charge in [0.15, 0.2) is 0 Å². The summed E-state index contributed by atoms with van der Waals surface area (Å²) in [7, 11) is 0. The maximum atomic E-state index is 6.13. The van der Waals surface area contributed by atoms with E-state index in [4.69, 9.17) is 16.6 Å². The van der Waals surface area contributed by atoms with Crippen molar-refractivity contribution in [2.45, 2.75) is 13.5 Å². The summed E-state index contributed by atoms with van der Waals surface area (Å²) < 4.78 is 0. The number of halogens is 1. The number of hydrogen-bond acceptors (Lipinski definition) is 6. The number of anilines is 3. The van der Waals surface area contributed by atoms with Crippen LogP contribution in [0, 0.1) is 6.92 Å². The number of hydrogen-bond donors (Lipinski definition) is 1. The molecule has 0 bridgehead atoms. The number of nitrogens with zero attached hydrogens (tertiary/aromatic N) is 5. The van der Waals surface area contributed by atoms with Gasteiger partial charge in [0, 0.05) is 54.8 Å². The quantitative estimate of drug-likeness (QED) is 0.710. The minimum Gasteiger partial charge on any atom is -0.368 e. The third-order valence-corrected chi connectivity index (χ3v) is 5.01. The number of piperazine rings is 1. The SMILES string of the molecule is Cc1cc(N2CCN(c3cccc(Cl)c3)CC2)nc(NCc2ccccn2)n1. The molecule has 3 heterocycles. The highest BCUT2D eigenvalue weighted by Gasteiger charge is 2.19. The molecule has 6 nitrogen and oxygen atoms in total. The highest BCUT2D eigenvalue weighted by molar-refractivity contribution is 6.30. The van der Waals surface area contributed by atoms with Gasteiger partial charge in [0.2, 0.25) is 5.95 Å². The molecule has 0 spiro atoms. The summed E-state index contributed by atoms with van der Waals surface area (Å²) >= 11 is 6.13. The second-order valence-corrected chi connectivity index (χ2v) is 7.26. The predicted octanol–water partition coefficient (Wildman–Crippen LogP) is 3.77. The van der Waals surface area contributed by atoms with E-state index in [1.54, 1.807) is 6.20 Å². The van der Waals surface area contributed by atoms with E-state index < -0.39 is 0 Å². The average Bonchev–Trinajstić information content (AvgIpc) is 2.73. The molecule has 0 radical (unpaired) electrons. The molecule has 2 aromatic heterocycles. The van der Waals surface area contributed by atoms with Crippen molar-refractivity contribution in [3.05, 3.63) is 71.1 Å². The molecule has 0 saturated carbocycles. The zero-order valence-corrected chi connectivity index (χ0v) is 16.6. The number of nitrogens with one attached hydrogen (secondary N) is 1. The fraction of sp³-hybridized carbons (Fsp3) is 0.286. The van der Waals surface area contributed by atoms with Crippen LogP contribution in [-0.2, 0) is 6.54 Å². The molecule has 0 unspecified atom stereocenters. The lowest BCUT2D eigenvalue weighted by Gasteiger charge is -2.37. The Hall–Kier alpha value is -2.86. The Morgan fingerprint density at radius 3 is 2.54 bits per heavy atom. The van der Waals surface area contributed by atoms with E-state index in [0.29, 0.717) is 12.5 Å². The highest BCUT2D eigenvalue weighted by atomic mass is 35.5. The molecule has 0 aliphatic carbocycles. The summed E-state index contributed by atoms with van der Waals surface area (Å²) in [6, 6.07) is 15.9. The van der Waals surface area contributed by atoms with Crippen molar-refractivity contribution in [1.82, 2.24) is 15.0 Å². The third kappa shape index (κ3) is 4.51. The minimum absolute atomic E-state index is 0.603. The van der Waals surface area contributed by atoms with E-state index in [1.165, 1.54) is 5.69 Å². The van der Waals surface area contributed by atoms with Crippen LogP contribution in [0.5, 0.6) is 0 Å². The summed E-state index contributed by atoms with van der Waals surface area (Å²) in [5.74, 6) is 1.60. The van der Waals surface area contributed by atoms with Crippen molar-refractivity contribution in [2.75, 3.05) is 41.3 Å². The summed E-state index contributed by atoms with van der Waals surface area (Å²) in [6.45, 7) is 6.27. The van der Waals surface area contributed by atoms with Crippen LogP contribution in [0.25, 0.3) is 0 Å². The van der Waals surface area contributed by atoms with Gasteiger partial charge in [-0.05, 0) is 37.3 Å². The van der Waals surface area contributed by atoms with Crippen LogP contribution in [0.15, 0.2) is 54.7 Å². The molecule has 1 aliphatic heterocycles. The zero-order chi connectivity index (χ0) is 19.3. The molecule has 0 amide bonds. The number of rotatable bonds is 5. The largest absolute Gasteiger partial charge is 0.368 e. The number of aromatic nitrogens is 3. The normalized spacial score (nSPS) is 14.2. The molecule has 1 aromatic carbocycles. The van der Waals surface area contributed by atoms with Crippen molar-refractivity contribution >= 4 is 29.1 Å². The first-order chi connectivity index (χ1) is 13.7. The highest BCUT2D eigenvalue weighted by Crippen LogP contribution is 2.23. The molecule has 144 valence electrons. The third-order valence-electron chi connectivity index (χ3n) is 4.77. The second kappa shape index (κ2) is 8.44. The van der Waals surface area contributed by atoms with E-state index in [0.717, 1.165) is 48.4 Å². The summed E-state index contributed by atoms with van der Waals surface area (Å²) in [6.07, 6.45) is 1.79. The molecule has 1 aliphatic rings. The van der Waals surface area contributed by atoms with Crippen molar-refractivity contribution < 1.29 is 0 Å². The molecule has 7 heteroatoms. The van der Waals surface area contributed by atoms with E-state index in [-0.39, 0.29) is 0 Å². The first kappa shape index (κ1) is 18.5. The summed E-state index contributed by atoms with van der Waals surface area (Å²) in [5, 5.41) is 4.06. The van der Waals surface area contributed by atoms with Gasteiger partial charge >= 0.3 is 0 Å². The first-order valence-corrected chi connectivity index (χ1v) is 9.80. The van der Waals surface area contributed by atoms with E-state index in [2.05, 4.69) is 31.2 Å². The number of benzene rings is 1. The molecule has 1 saturated heterocycles. The fourth-order valence-electron chi connectivity index (χ4n) is 3.33.